The van der Waals surface area contributed by atoms with Gasteiger partial charge in [0.15, 0.2) is 0 Å². The molecule has 0 N–H and O–H groups in total. The number of alkyl halides is 3. The van der Waals surface area contributed by atoms with E-state index in [0.29, 0.717) is 31.6 Å². The molecule has 1 aliphatic heterocycles. The van der Waals surface area contributed by atoms with Crippen LogP contribution in [0.15, 0.2) is 24.3 Å². The first-order valence-corrected chi connectivity index (χ1v) is 6.81. The van der Waals surface area contributed by atoms with Crippen molar-refractivity contribution in [2.45, 2.75) is 32.5 Å². The summed E-state index contributed by atoms with van der Waals surface area (Å²) in [7, 11) is 0. The molecule has 0 bridgehead atoms. The Hall–Kier alpha value is -1.36. The summed E-state index contributed by atoms with van der Waals surface area (Å²) in [5.74, 6) is 0.294. The minimum atomic E-state index is -4.31. The summed E-state index contributed by atoms with van der Waals surface area (Å²) in [6.45, 7) is 3.71. The largest absolute Gasteiger partial charge is 0.416 e. The molecule has 2 rings (SSSR count). The Balaban J connectivity index is 2.05. The number of piperidine rings is 1. The number of hydrogen-bond donors (Lipinski definition) is 0. The van der Waals surface area contributed by atoms with Crippen LogP contribution in [0, 0.1) is 5.92 Å². The van der Waals surface area contributed by atoms with Gasteiger partial charge >= 0.3 is 6.18 Å². The van der Waals surface area contributed by atoms with Crippen LogP contribution in [0.4, 0.5) is 13.2 Å². The van der Waals surface area contributed by atoms with Crippen molar-refractivity contribution in [2.75, 3.05) is 13.1 Å². The lowest BCUT2D eigenvalue weighted by Crippen LogP contribution is -2.40. The molecule has 1 saturated heterocycles. The van der Waals surface area contributed by atoms with Crippen LogP contribution in [-0.4, -0.2) is 23.8 Å². The maximum atomic E-state index is 12.7. The number of Topliss-reactive ketones (excluding diaryl/α,β-unsaturated/α-hetero) is 1. The van der Waals surface area contributed by atoms with Gasteiger partial charge in [-0.15, -0.1) is 0 Å². The molecule has 1 aromatic rings. The van der Waals surface area contributed by atoms with Gasteiger partial charge in [0.1, 0.15) is 5.78 Å². The fourth-order valence-electron chi connectivity index (χ4n) is 2.58. The lowest BCUT2D eigenvalue weighted by Gasteiger charge is -2.31. The van der Waals surface area contributed by atoms with Crippen molar-refractivity contribution in [3.05, 3.63) is 35.4 Å². The second kappa shape index (κ2) is 5.95. The number of rotatable bonds is 3. The van der Waals surface area contributed by atoms with Gasteiger partial charge in [-0.2, -0.15) is 13.2 Å². The number of hydrogen-bond acceptors (Lipinski definition) is 2. The smallest absolute Gasteiger partial charge is 0.299 e. The van der Waals surface area contributed by atoms with Crippen LogP contribution in [0.3, 0.4) is 0 Å². The van der Waals surface area contributed by atoms with Crippen molar-refractivity contribution in [1.82, 2.24) is 4.90 Å². The number of benzene rings is 1. The normalized spacial score (nSPS) is 21.2. The van der Waals surface area contributed by atoms with Gasteiger partial charge in [0.25, 0.3) is 0 Å². The molecule has 0 amide bonds. The molecule has 5 heteroatoms. The van der Waals surface area contributed by atoms with Gasteiger partial charge in [0.2, 0.25) is 0 Å². The number of carbonyl (C=O) groups is 1. The van der Waals surface area contributed by atoms with E-state index in [0.717, 1.165) is 12.5 Å². The van der Waals surface area contributed by atoms with Crippen molar-refractivity contribution < 1.29 is 18.0 Å². The van der Waals surface area contributed by atoms with Gasteiger partial charge in [-0.3, -0.25) is 9.69 Å². The van der Waals surface area contributed by atoms with Crippen LogP contribution in [0.25, 0.3) is 0 Å². The molecular weight excluding hydrogens is 267 g/mol. The highest BCUT2D eigenvalue weighted by molar-refractivity contribution is 5.82. The fraction of sp³-hybridized carbons (Fsp3) is 0.533. The molecule has 0 aromatic heterocycles. The standard InChI is InChI=1S/C15H18F3NO/c1-2-12-10-19(7-6-14(12)20)9-11-4-3-5-13(8-11)15(16,17)18/h3-5,8,12H,2,6-7,9-10H2,1H3. The molecule has 0 radical (unpaired) electrons. The Morgan fingerprint density at radius 3 is 2.75 bits per heavy atom. The molecule has 2 nitrogen and oxygen atoms in total. The molecule has 0 aliphatic carbocycles. The molecule has 1 fully saturated rings. The maximum absolute atomic E-state index is 12.7. The summed E-state index contributed by atoms with van der Waals surface area (Å²) < 4.78 is 38.0. The second-order valence-corrected chi connectivity index (χ2v) is 5.25. The molecule has 20 heavy (non-hydrogen) atoms. The highest BCUT2D eigenvalue weighted by Crippen LogP contribution is 2.30. The van der Waals surface area contributed by atoms with Crippen molar-refractivity contribution in [2.24, 2.45) is 5.92 Å². The minimum absolute atomic E-state index is 0.0227. The topological polar surface area (TPSA) is 20.3 Å². The van der Waals surface area contributed by atoms with Crippen LogP contribution in [0.5, 0.6) is 0 Å². The van der Waals surface area contributed by atoms with E-state index in [1.807, 2.05) is 6.92 Å². The third-order valence-electron chi connectivity index (χ3n) is 3.76. The van der Waals surface area contributed by atoms with E-state index in [1.54, 1.807) is 6.07 Å². The third kappa shape index (κ3) is 3.60. The average Bonchev–Trinajstić information content (AvgIpc) is 2.40. The number of carbonyl (C=O) groups excluding carboxylic acids is 1. The number of ketones is 1. The molecule has 1 heterocycles. The summed E-state index contributed by atoms with van der Waals surface area (Å²) in [6.07, 6.45) is -3.02. The Morgan fingerprint density at radius 1 is 1.35 bits per heavy atom. The zero-order valence-corrected chi connectivity index (χ0v) is 11.4. The highest BCUT2D eigenvalue weighted by atomic mass is 19.4. The second-order valence-electron chi connectivity index (χ2n) is 5.25. The summed E-state index contributed by atoms with van der Waals surface area (Å²) in [4.78, 5) is 13.7. The van der Waals surface area contributed by atoms with Crippen molar-refractivity contribution in [3.8, 4) is 0 Å². The van der Waals surface area contributed by atoms with E-state index in [9.17, 15) is 18.0 Å². The Bertz CT molecular complexity index is 484. The Kier molecular flexibility index (Phi) is 4.48. The third-order valence-corrected chi connectivity index (χ3v) is 3.76. The first-order chi connectivity index (χ1) is 9.40. The quantitative estimate of drug-likeness (QED) is 0.847. The summed E-state index contributed by atoms with van der Waals surface area (Å²) in [5, 5.41) is 0. The van der Waals surface area contributed by atoms with Gasteiger partial charge in [-0.25, -0.2) is 0 Å². The highest BCUT2D eigenvalue weighted by Gasteiger charge is 2.31. The van der Waals surface area contributed by atoms with E-state index in [1.165, 1.54) is 12.1 Å². The van der Waals surface area contributed by atoms with Gasteiger partial charge in [0, 0.05) is 32.0 Å². The average molecular weight is 285 g/mol. The predicted molar refractivity (Wildman–Crippen MR) is 70.1 cm³/mol. The maximum Gasteiger partial charge on any atom is 0.416 e. The van der Waals surface area contributed by atoms with Crippen LogP contribution in [-0.2, 0) is 17.5 Å². The predicted octanol–water partition coefficient (Wildman–Crippen LogP) is 3.51. The van der Waals surface area contributed by atoms with Crippen LogP contribution >= 0.6 is 0 Å². The first kappa shape index (κ1) is 15.0. The molecule has 1 atom stereocenters. The van der Waals surface area contributed by atoms with Gasteiger partial charge in [-0.05, 0) is 18.1 Å². The van der Waals surface area contributed by atoms with Gasteiger partial charge < -0.3 is 0 Å². The zero-order chi connectivity index (χ0) is 14.8. The molecular formula is C15H18F3NO. The molecule has 1 unspecified atom stereocenters. The van der Waals surface area contributed by atoms with Crippen LogP contribution in [0.1, 0.15) is 30.9 Å². The van der Waals surface area contributed by atoms with E-state index in [-0.39, 0.29) is 11.7 Å². The van der Waals surface area contributed by atoms with E-state index in [4.69, 9.17) is 0 Å². The number of likely N-dealkylation sites (tertiary alicyclic amines) is 1. The van der Waals surface area contributed by atoms with Gasteiger partial charge in [-0.1, -0.05) is 25.1 Å². The van der Waals surface area contributed by atoms with E-state index < -0.39 is 11.7 Å². The SMILES string of the molecule is CCC1CN(Cc2cccc(C(F)(F)F)c2)CCC1=O. The van der Waals surface area contributed by atoms with Gasteiger partial charge in [0.05, 0.1) is 5.56 Å². The first-order valence-electron chi connectivity index (χ1n) is 6.81. The Morgan fingerprint density at radius 2 is 2.10 bits per heavy atom. The molecule has 0 saturated carbocycles. The lowest BCUT2D eigenvalue weighted by molar-refractivity contribution is -0.137. The summed E-state index contributed by atoms with van der Waals surface area (Å²) in [5.41, 5.74) is 0.0270. The summed E-state index contributed by atoms with van der Waals surface area (Å²) in [6, 6.07) is 5.41. The van der Waals surface area contributed by atoms with Crippen LogP contribution in [0.2, 0.25) is 0 Å². The van der Waals surface area contributed by atoms with Crippen molar-refractivity contribution in [3.63, 3.8) is 0 Å². The minimum Gasteiger partial charge on any atom is -0.299 e. The summed E-state index contributed by atoms with van der Waals surface area (Å²) >= 11 is 0. The van der Waals surface area contributed by atoms with Crippen LogP contribution < -0.4 is 0 Å². The van der Waals surface area contributed by atoms with Crippen molar-refractivity contribution >= 4 is 5.78 Å². The molecule has 1 aromatic carbocycles. The lowest BCUT2D eigenvalue weighted by atomic mass is 9.94. The Labute approximate surface area is 116 Å². The molecule has 0 spiro atoms. The monoisotopic (exact) mass is 285 g/mol. The van der Waals surface area contributed by atoms with E-state index >= 15 is 0 Å². The number of halogens is 3. The number of nitrogens with zero attached hydrogens (tertiary/aromatic N) is 1. The van der Waals surface area contributed by atoms with E-state index in [2.05, 4.69) is 4.90 Å². The zero-order valence-electron chi connectivity index (χ0n) is 11.4. The molecule has 110 valence electrons. The molecule has 1 aliphatic rings. The van der Waals surface area contributed by atoms with Crippen molar-refractivity contribution in [1.29, 1.82) is 0 Å². The fourth-order valence-corrected chi connectivity index (χ4v) is 2.58.